The second-order valence-corrected chi connectivity index (χ2v) is 8.37. The van der Waals surface area contributed by atoms with Gasteiger partial charge in [-0.1, -0.05) is 24.3 Å². The van der Waals surface area contributed by atoms with Crippen LogP contribution < -0.4 is 9.64 Å². The van der Waals surface area contributed by atoms with Crippen molar-refractivity contribution in [1.29, 1.82) is 0 Å². The molecule has 2 saturated heterocycles. The average molecular weight is 425 g/mol. The first-order valence-corrected chi connectivity index (χ1v) is 11.2. The molecule has 0 spiro atoms. The maximum absolute atomic E-state index is 13.3. The van der Waals surface area contributed by atoms with Crippen molar-refractivity contribution in [3.05, 3.63) is 54.1 Å². The lowest BCUT2D eigenvalue weighted by Crippen LogP contribution is -2.50. The molecule has 1 unspecified atom stereocenters. The van der Waals surface area contributed by atoms with E-state index in [-0.39, 0.29) is 23.8 Å². The van der Waals surface area contributed by atoms with Gasteiger partial charge in [-0.15, -0.1) is 0 Å². The fourth-order valence-electron chi connectivity index (χ4n) is 4.60. The molecule has 1 atom stereocenters. The maximum atomic E-state index is 13.3. The van der Waals surface area contributed by atoms with Gasteiger partial charge in [-0.05, 0) is 61.9 Å². The van der Waals surface area contributed by atoms with Gasteiger partial charge in [0.1, 0.15) is 6.10 Å². The number of nitrogens with zero attached hydrogens (tertiary/aromatic N) is 2. The van der Waals surface area contributed by atoms with Crippen molar-refractivity contribution in [2.75, 3.05) is 38.3 Å². The molecule has 31 heavy (non-hydrogen) atoms. The summed E-state index contributed by atoms with van der Waals surface area (Å²) in [6, 6.07) is 15.8. The summed E-state index contributed by atoms with van der Waals surface area (Å²) in [6.45, 7) is 3.55. The van der Waals surface area contributed by atoms with Crippen molar-refractivity contribution in [3.63, 3.8) is 0 Å². The molecule has 0 radical (unpaired) electrons. The number of likely N-dealkylation sites (tertiary alicyclic amines) is 1. The third kappa shape index (κ3) is 5.20. The Morgan fingerprint density at radius 3 is 2.61 bits per heavy atom. The minimum atomic E-state index is -0.303. The van der Waals surface area contributed by atoms with Gasteiger partial charge in [0.05, 0.1) is 7.11 Å². The van der Waals surface area contributed by atoms with E-state index in [0.717, 1.165) is 63.0 Å². The third-order valence-corrected chi connectivity index (χ3v) is 6.36. The van der Waals surface area contributed by atoms with Crippen molar-refractivity contribution >= 4 is 11.6 Å². The van der Waals surface area contributed by atoms with Gasteiger partial charge >= 0.3 is 0 Å². The lowest BCUT2D eigenvalue weighted by atomic mass is 10.00. The molecule has 2 heterocycles. The van der Waals surface area contributed by atoms with Gasteiger partial charge in [-0.25, -0.2) is 0 Å². The highest BCUT2D eigenvalue weighted by Gasteiger charge is 2.34. The summed E-state index contributed by atoms with van der Waals surface area (Å²) in [5.74, 6) is 0.796. The van der Waals surface area contributed by atoms with Crippen LogP contribution in [0, 0.1) is 0 Å². The number of methoxy groups -OCH3 is 1. The zero-order valence-corrected chi connectivity index (χ0v) is 18.2. The lowest BCUT2D eigenvalue weighted by Gasteiger charge is -2.39. The molecule has 1 N–H and O–H groups in total. The number of hydrogen-bond donors (Lipinski definition) is 1. The number of phenols is 1. The molecule has 2 aromatic rings. The monoisotopic (exact) mass is 424 g/mol. The fraction of sp³-hybridized carbons (Fsp3) is 0.480. The molecule has 2 aliphatic rings. The Morgan fingerprint density at radius 2 is 1.94 bits per heavy atom. The second-order valence-electron chi connectivity index (χ2n) is 8.37. The summed E-state index contributed by atoms with van der Waals surface area (Å²) in [4.78, 5) is 17.7. The van der Waals surface area contributed by atoms with Crippen LogP contribution in [-0.4, -0.2) is 61.4 Å². The number of ether oxygens (including phenoxy) is 2. The molecule has 6 nitrogen and oxygen atoms in total. The van der Waals surface area contributed by atoms with E-state index < -0.39 is 0 Å². The van der Waals surface area contributed by atoms with Crippen LogP contribution in [0.3, 0.4) is 0 Å². The Kier molecular flexibility index (Phi) is 7.10. The van der Waals surface area contributed by atoms with Gasteiger partial charge in [0.15, 0.2) is 11.5 Å². The van der Waals surface area contributed by atoms with Gasteiger partial charge in [0, 0.05) is 38.0 Å². The molecule has 0 bridgehead atoms. The SMILES string of the molecule is COc1cc(CCN2CCC(N(C(=O)C3CCCO3)c3ccccc3)CC2)ccc1O. The first kappa shape index (κ1) is 21.7. The van der Waals surface area contributed by atoms with E-state index in [0.29, 0.717) is 12.4 Å². The molecule has 4 rings (SSSR count). The summed E-state index contributed by atoms with van der Waals surface area (Å²) < 4.78 is 10.9. The molecule has 2 aliphatic heterocycles. The van der Waals surface area contributed by atoms with E-state index in [1.165, 1.54) is 0 Å². The van der Waals surface area contributed by atoms with Crippen LogP contribution in [0.2, 0.25) is 0 Å². The van der Waals surface area contributed by atoms with Crippen molar-refractivity contribution in [3.8, 4) is 11.5 Å². The maximum Gasteiger partial charge on any atom is 0.256 e. The number of phenolic OH excluding ortho intramolecular Hbond substituents is 1. The van der Waals surface area contributed by atoms with Gasteiger partial charge < -0.3 is 24.4 Å². The predicted octanol–water partition coefficient (Wildman–Crippen LogP) is 3.62. The summed E-state index contributed by atoms with van der Waals surface area (Å²) in [5, 5.41) is 9.77. The first-order valence-electron chi connectivity index (χ1n) is 11.2. The van der Waals surface area contributed by atoms with E-state index in [4.69, 9.17) is 9.47 Å². The predicted molar refractivity (Wildman–Crippen MR) is 121 cm³/mol. The summed E-state index contributed by atoms with van der Waals surface area (Å²) in [5.41, 5.74) is 2.12. The van der Waals surface area contributed by atoms with Crippen LogP contribution in [-0.2, 0) is 16.0 Å². The zero-order valence-electron chi connectivity index (χ0n) is 18.2. The van der Waals surface area contributed by atoms with E-state index in [2.05, 4.69) is 4.90 Å². The van der Waals surface area contributed by atoms with Crippen LogP contribution in [0.15, 0.2) is 48.5 Å². The molecule has 0 aliphatic carbocycles. The van der Waals surface area contributed by atoms with Gasteiger partial charge in [0.2, 0.25) is 0 Å². The average Bonchev–Trinajstić information content (AvgIpc) is 3.35. The van der Waals surface area contributed by atoms with E-state index in [9.17, 15) is 9.90 Å². The van der Waals surface area contributed by atoms with Crippen LogP contribution in [0.25, 0.3) is 0 Å². The third-order valence-electron chi connectivity index (χ3n) is 6.36. The summed E-state index contributed by atoms with van der Waals surface area (Å²) >= 11 is 0. The Labute approximate surface area is 184 Å². The quantitative estimate of drug-likeness (QED) is 0.736. The highest BCUT2D eigenvalue weighted by molar-refractivity contribution is 5.97. The number of amides is 1. The Balaban J connectivity index is 1.37. The number of para-hydroxylation sites is 1. The molecule has 1 amide bonds. The molecule has 0 aromatic heterocycles. The van der Waals surface area contributed by atoms with Crippen LogP contribution in [0.1, 0.15) is 31.2 Å². The van der Waals surface area contributed by atoms with Gasteiger partial charge in [0.25, 0.3) is 5.91 Å². The molecular formula is C25H32N2O4. The Morgan fingerprint density at radius 1 is 1.16 bits per heavy atom. The smallest absolute Gasteiger partial charge is 0.256 e. The number of hydrogen-bond acceptors (Lipinski definition) is 5. The van der Waals surface area contributed by atoms with Crippen LogP contribution in [0.4, 0.5) is 5.69 Å². The van der Waals surface area contributed by atoms with Crippen molar-refractivity contribution in [2.24, 2.45) is 0 Å². The molecule has 2 fully saturated rings. The number of rotatable bonds is 7. The van der Waals surface area contributed by atoms with Crippen molar-refractivity contribution in [1.82, 2.24) is 4.90 Å². The van der Waals surface area contributed by atoms with Crippen LogP contribution >= 0.6 is 0 Å². The number of piperidine rings is 1. The molecule has 2 aromatic carbocycles. The molecule has 0 saturated carbocycles. The van der Waals surface area contributed by atoms with Gasteiger partial charge in [-0.3, -0.25) is 4.79 Å². The fourth-order valence-corrected chi connectivity index (χ4v) is 4.60. The largest absolute Gasteiger partial charge is 0.504 e. The van der Waals surface area contributed by atoms with Crippen molar-refractivity contribution in [2.45, 2.75) is 44.2 Å². The number of carbonyl (C=O) groups is 1. The standard InChI is InChI=1S/C25H32N2O4/c1-30-24-18-19(9-10-22(24)28)11-14-26-15-12-21(13-16-26)27(20-6-3-2-4-7-20)25(29)23-8-5-17-31-23/h2-4,6-7,9-10,18,21,23,28H,5,8,11-17H2,1H3. The molecule has 166 valence electrons. The highest BCUT2D eigenvalue weighted by atomic mass is 16.5. The molecular weight excluding hydrogens is 392 g/mol. The second kappa shape index (κ2) is 10.2. The number of aromatic hydroxyl groups is 1. The van der Waals surface area contributed by atoms with E-state index in [1.54, 1.807) is 13.2 Å². The number of carbonyl (C=O) groups excluding carboxylic acids is 1. The van der Waals surface area contributed by atoms with Gasteiger partial charge in [-0.2, -0.15) is 0 Å². The highest BCUT2D eigenvalue weighted by Crippen LogP contribution is 2.28. The first-order chi connectivity index (χ1) is 15.2. The summed E-state index contributed by atoms with van der Waals surface area (Å²) in [7, 11) is 1.57. The Bertz CT molecular complexity index is 859. The lowest BCUT2D eigenvalue weighted by molar-refractivity contribution is -0.128. The minimum Gasteiger partial charge on any atom is -0.504 e. The zero-order chi connectivity index (χ0) is 21.6. The summed E-state index contributed by atoms with van der Waals surface area (Å²) in [6.07, 6.45) is 4.27. The topological polar surface area (TPSA) is 62.2 Å². The minimum absolute atomic E-state index is 0.110. The van der Waals surface area contributed by atoms with E-state index >= 15 is 0 Å². The van der Waals surface area contributed by atoms with Crippen LogP contribution in [0.5, 0.6) is 11.5 Å². The van der Waals surface area contributed by atoms with Crippen molar-refractivity contribution < 1.29 is 19.4 Å². The number of anilines is 1. The number of benzene rings is 2. The Hall–Kier alpha value is -2.57. The normalized spacial score (nSPS) is 20.0. The molecule has 6 heteroatoms. The van der Waals surface area contributed by atoms with E-state index in [1.807, 2.05) is 47.4 Å².